The lowest BCUT2D eigenvalue weighted by molar-refractivity contribution is 0.317. The molecule has 0 saturated carbocycles. The van der Waals surface area contributed by atoms with Gasteiger partial charge in [-0.25, -0.2) is 0 Å². The van der Waals surface area contributed by atoms with Crippen LogP contribution in [0.1, 0.15) is 24.9 Å². The van der Waals surface area contributed by atoms with Gasteiger partial charge in [0.05, 0.1) is 6.61 Å². The summed E-state index contributed by atoms with van der Waals surface area (Å²) in [6.07, 6.45) is 2.48. The molecule has 0 aliphatic rings. The first-order valence-electron chi connectivity index (χ1n) is 5.01. The summed E-state index contributed by atoms with van der Waals surface area (Å²) in [4.78, 5) is 0. The summed E-state index contributed by atoms with van der Waals surface area (Å²) in [5.41, 5.74) is 6.85. The monoisotopic (exact) mass is 243 g/mol. The van der Waals surface area contributed by atoms with Crippen molar-refractivity contribution in [1.82, 2.24) is 0 Å². The predicted octanol–water partition coefficient (Wildman–Crippen LogP) is 2.79. The molecular weight excluding hydrogens is 226 g/mol. The zero-order chi connectivity index (χ0) is 11.3. The normalized spacial score (nSPS) is 11.4. The largest absolute Gasteiger partial charge is 0.504 e. The summed E-state index contributed by atoms with van der Waals surface area (Å²) < 4.78 is 5.27. The summed E-state index contributed by atoms with van der Waals surface area (Å²) in [5, 5.41) is 9.49. The van der Waals surface area contributed by atoms with Crippen molar-refractivity contribution in [3.8, 4) is 11.5 Å². The number of hydrogen-bond acceptors (Lipinski definition) is 3. The molecule has 4 heteroatoms. The zero-order valence-electron chi connectivity index (χ0n) is 9.35. The van der Waals surface area contributed by atoms with Crippen LogP contribution in [0, 0.1) is 0 Å². The molecule has 0 fully saturated rings. The van der Waals surface area contributed by atoms with Crippen LogP contribution in [-0.2, 0) is 0 Å². The van der Waals surface area contributed by atoms with Gasteiger partial charge in [0.1, 0.15) is 0 Å². The van der Waals surface area contributed by atoms with E-state index in [0.717, 1.165) is 5.56 Å². The summed E-state index contributed by atoms with van der Waals surface area (Å²) in [6, 6.07) is 5.07. The quantitative estimate of drug-likeness (QED) is 0.782. The molecule has 90 valence electrons. The number of hydrogen-bond donors (Lipinski definition) is 2. The molecule has 0 radical (unpaired) electrons. The van der Waals surface area contributed by atoms with Crippen molar-refractivity contribution in [2.45, 2.75) is 19.4 Å². The van der Waals surface area contributed by atoms with E-state index in [4.69, 9.17) is 10.5 Å². The topological polar surface area (TPSA) is 55.5 Å². The van der Waals surface area contributed by atoms with Gasteiger partial charge in [0.2, 0.25) is 0 Å². The number of ether oxygens (including phenoxy) is 1. The Morgan fingerprint density at radius 3 is 2.81 bits per heavy atom. The highest BCUT2D eigenvalue weighted by Gasteiger charge is 2.08. The minimum atomic E-state index is -0.0951. The van der Waals surface area contributed by atoms with Gasteiger partial charge in [-0.05, 0) is 31.0 Å². The Morgan fingerprint density at radius 2 is 2.25 bits per heavy atom. The van der Waals surface area contributed by atoms with Gasteiger partial charge >= 0.3 is 0 Å². The van der Waals surface area contributed by atoms with Crippen molar-refractivity contribution in [2.75, 3.05) is 6.61 Å². The molecule has 0 saturated heterocycles. The zero-order valence-corrected chi connectivity index (χ0v) is 10.2. The number of aromatic hydroxyl groups is 1. The maximum absolute atomic E-state index is 9.49. The molecule has 1 rings (SSSR count). The lowest BCUT2D eigenvalue weighted by atomic mass is 10.0. The SMILES string of the molecule is C=CC[C@@H](N)c1ccc(O)c(OCC)c1.Cl. The summed E-state index contributed by atoms with van der Waals surface area (Å²) in [5.74, 6) is 0.626. The molecule has 0 amide bonds. The maximum atomic E-state index is 9.49. The second-order valence-electron chi connectivity index (χ2n) is 3.29. The van der Waals surface area contributed by atoms with Gasteiger partial charge in [0, 0.05) is 6.04 Å². The van der Waals surface area contributed by atoms with Crippen molar-refractivity contribution in [1.29, 1.82) is 0 Å². The molecule has 1 atom stereocenters. The number of rotatable bonds is 5. The summed E-state index contributed by atoms with van der Waals surface area (Å²) in [7, 11) is 0. The molecule has 0 unspecified atom stereocenters. The molecular formula is C12H18ClNO2. The predicted molar refractivity (Wildman–Crippen MR) is 68.3 cm³/mol. The third-order valence-corrected chi connectivity index (χ3v) is 2.13. The van der Waals surface area contributed by atoms with Gasteiger partial charge in [-0.3, -0.25) is 0 Å². The lowest BCUT2D eigenvalue weighted by Crippen LogP contribution is -2.09. The summed E-state index contributed by atoms with van der Waals surface area (Å²) >= 11 is 0. The second-order valence-corrected chi connectivity index (χ2v) is 3.29. The molecule has 0 aliphatic carbocycles. The first-order chi connectivity index (χ1) is 7.19. The molecule has 3 nitrogen and oxygen atoms in total. The number of nitrogens with two attached hydrogens (primary N) is 1. The van der Waals surface area contributed by atoms with Gasteiger partial charge in [0.15, 0.2) is 11.5 Å². The van der Waals surface area contributed by atoms with Crippen LogP contribution in [-0.4, -0.2) is 11.7 Å². The molecule has 0 heterocycles. The van der Waals surface area contributed by atoms with E-state index in [1.165, 1.54) is 0 Å². The van der Waals surface area contributed by atoms with E-state index >= 15 is 0 Å². The smallest absolute Gasteiger partial charge is 0.161 e. The molecule has 0 spiro atoms. The molecule has 16 heavy (non-hydrogen) atoms. The minimum Gasteiger partial charge on any atom is -0.504 e. The average Bonchev–Trinajstić information content (AvgIpc) is 2.22. The Bertz CT molecular complexity index is 342. The van der Waals surface area contributed by atoms with Crippen LogP contribution in [0.3, 0.4) is 0 Å². The van der Waals surface area contributed by atoms with Crippen molar-refractivity contribution in [3.63, 3.8) is 0 Å². The van der Waals surface area contributed by atoms with Crippen LogP contribution in [0.4, 0.5) is 0 Å². The maximum Gasteiger partial charge on any atom is 0.161 e. The van der Waals surface area contributed by atoms with Crippen molar-refractivity contribution in [3.05, 3.63) is 36.4 Å². The van der Waals surface area contributed by atoms with E-state index in [2.05, 4.69) is 6.58 Å². The highest BCUT2D eigenvalue weighted by Crippen LogP contribution is 2.29. The van der Waals surface area contributed by atoms with Crippen LogP contribution in [0.5, 0.6) is 11.5 Å². The van der Waals surface area contributed by atoms with Crippen LogP contribution in [0.2, 0.25) is 0 Å². The van der Waals surface area contributed by atoms with E-state index in [0.29, 0.717) is 18.8 Å². The first kappa shape index (κ1) is 14.8. The Kier molecular flexibility index (Phi) is 6.61. The highest BCUT2D eigenvalue weighted by atomic mass is 35.5. The van der Waals surface area contributed by atoms with Gasteiger partial charge in [-0.15, -0.1) is 19.0 Å². The van der Waals surface area contributed by atoms with E-state index in [-0.39, 0.29) is 24.2 Å². The van der Waals surface area contributed by atoms with Crippen molar-refractivity contribution >= 4 is 12.4 Å². The van der Waals surface area contributed by atoms with E-state index in [1.54, 1.807) is 24.3 Å². The standard InChI is InChI=1S/C12H17NO2.ClH/c1-3-5-10(13)9-6-7-11(14)12(8-9)15-4-2;/h3,6-8,10,14H,1,4-5,13H2,2H3;1H/t10-;/m1./s1. The van der Waals surface area contributed by atoms with E-state index in [9.17, 15) is 5.11 Å². The van der Waals surface area contributed by atoms with Crippen LogP contribution < -0.4 is 10.5 Å². The van der Waals surface area contributed by atoms with Gasteiger partial charge in [0.25, 0.3) is 0 Å². The Labute approximate surface area is 102 Å². The minimum absolute atomic E-state index is 0. The number of halogens is 1. The number of phenols is 1. The van der Waals surface area contributed by atoms with Gasteiger partial charge < -0.3 is 15.6 Å². The van der Waals surface area contributed by atoms with Gasteiger partial charge in [-0.1, -0.05) is 12.1 Å². The molecule has 1 aromatic rings. The Hall–Kier alpha value is -1.19. The first-order valence-corrected chi connectivity index (χ1v) is 5.01. The van der Waals surface area contributed by atoms with Crippen LogP contribution >= 0.6 is 12.4 Å². The van der Waals surface area contributed by atoms with Gasteiger partial charge in [-0.2, -0.15) is 0 Å². The fraction of sp³-hybridized carbons (Fsp3) is 0.333. The molecule has 0 aromatic heterocycles. The molecule has 1 aromatic carbocycles. The Balaban J connectivity index is 0.00000225. The fourth-order valence-electron chi connectivity index (χ4n) is 1.35. The van der Waals surface area contributed by atoms with Crippen molar-refractivity contribution < 1.29 is 9.84 Å². The molecule has 0 bridgehead atoms. The lowest BCUT2D eigenvalue weighted by Gasteiger charge is -2.12. The fourth-order valence-corrected chi connectivity index (χ4v) is 1.35. The summed E-state index contributed by atoms with van der Waals surface area (Å²) in [6.45, 7) is 6.03. The van der Waals surface area contributed by atoms with Crippen LogP contribution in [0.25, 0.3) is 0 Å². The third-order valence-electron chi connectivity index (χ3n) is 2.13. The van der Waals surface area contributed by atoms with E-state index < -0.39 is 0 Å². The average molecular weight is 244 g/mol. The van der Waals surface area contributed by atoms with E-state index in [1.807, 2.05) is 6.92 Å². The highest BCUT2D eigenvalue weighted by molar-refractivity contribution is 5.85. The molecule has 0 aliphatic heterocycles. The third kappa shape index (κ3) is 3.76. The van der Waals surface area contributed by atoms with Crippen molar-refractivity contribution in [2.24, 2.45) is 5.73 Å². The van der Waals surface area contributed by atoms with Crippen LogP contribution in [0.15, 0.2) is 30.9 Å². The second kappa shape index (κ2) is 7.14. The molecule has 3 N–H and O–H groups in total. The Morgan fingerprint density at radius 1 is 1.56 bits per heavy atom. The number of benzene rings is 1. The number of phenolic OH excluding ortho intramolecular Hbond substituents is 1.